The number of ether oxygens (including phenoxy) is 1. The zero-order chi connectivity index (χ0) is 15.8. The molecule has 0 saturated carbocycles. The fourth-order valence-electron chi connectivity index (χ4n) is 2.57. The monoisotopic (exact) mass is 348 g/mol. The third kappa shape index (κ3) is 7.14. The first-order valence-electron chi connectivity index (χ1n) is 7.65. The van der Waals surface area contributed by atoms with Crippen LogP contribution in [0.15, 0.2) is 24.3 Å². The maximum absolute atomic E-state index is 12.2. The van der Waals surface area contributed by atoms with Gasteiger partial charge in [-0.15, -0.1) is 12.4 Å². The van der Waals surface area contributed by atoms with Gasteiger partial charge in [-0.2, -0.15) is 0 Å². The molecule has 1 amide bonds. The van der Waals surface area contributed by atoms with Crippen molar-refractivity contribution >= 4 is 24.0 Å². The molecule has 130 valence electrons. The van der Waals surface area contributed by atoms with Gasteiger partial charge in [0.15, 0.2) is 0 Å². The fourth-order valence-corrected chi connectivity index (χ4v) is 2.57. The summed E-state index contributed by atoms with van der Waals surface area (Å²) in [6.07, 6.45) is 0.952. The molecule has 0 aromatic heterocycles. The molecule has 2 N–H and O–H groups in total. The van der Waals surface area contributed by atoms with E-state index in [-0.39, 0.29) is 24.1 Å². The number of nitrogens with one attached hydrogen (secondary N) is 2. The van der Waals surface area contributed by atoms with Crippen LogP contribution in [0.2, 0.25) is 0 Å². The number of hydrogen-bond acceptors (Lipinski definition) is 3. The number of hydrogen-bond donors (Lipinski definition) is 2. The predicted molar refractivity (Wildman–Crippen MR) is 88.6 cm³/mol. The Morgan fingerprint density at radius 3 is 2.70 bits per heavy atom. The van der Waals surface area contributed by atoms with Crippen LogP contribution >= 0.6 is 12.4 Å². The third-order valence-corrected chi connectivity index (χ3v) is 3.76. The molecular formula is C16H23ClF2N2O2. The number of piperidine rings is 1. The van der Waals surface area contributed by atoms with Crippen molar-refractivity contribution in [2.75, 3.05) is 25.0 Å². The quantitative estimate of drug-likeness (QED) is 0.793. The van der Waals surface area contributed by atoms with Crippen LogP contribution in [0, 0.1) is 5.92 Å². The molecule has 23 heavy (non-hydrogen) atoms. The Kier molecular flexibility index (Phi) is 8.87. The second-order valence-corrected chi connectivity index (χ2v) is 5.48. The standard InChI is InChI=1S/C16H22F2N2O2.ClH/c17-15(18)11-22-14-4-2-1-3-13(14)20-16(21)6-5-12-7-9-19-10-8-12;/h1-4,12,15,19H,5-11H2,(H,20,21);1H. The topological polar surface area (TPSA) is 50.4 Å². The summed E-state index contributed by atoms with van der Waals surface area (Å²) in [5.74, 6) is 0.752. The molecule has 1 fully saturated rings. The highest BCUT2D eigenvalue weighted by Gasteiger charge is 2.15. The molecule has 4 nitrogen and oxygen atoms in total. The lowest BCUT2D eigenvalue weighted by Crippen LogP contribution is -2.28. The molecular weight excluding hydrogens is 326 g/mol. The van der Waals surface area contributed by atoms with Crippen LogP contribution in [-0.2, 0) is 4.79 Å². The molecule has 7 heteroatoms. The highest BCUT2D eigenvalue weighted by atomic mass is 35.5. The normalized spacial score (nSPS) is 15.1. The van der Waals surface area contributed by atoms with E-state index in [1.807, 2.05) is 0 Å². The van der Waals surface area contributed by atoms with Gasteiger partial charge in [-0.3, -0.25) is 4.79 Å². The Hall–Kier alpha value is -1.40. The number of para-hydroxylation sites is 2. The summed E-state index contributed by atoms with van der Waals surface area (Å²) in [4.78, 5) is 12.0. The van der Waals surface area contributed by atoms with E-state index in [1.54, 1.807) is 24.3 Å². The molecule has 0 unspecified atom stereocenters. The maximum atomic E-state index is 12.2. The van der Waals surface area contributed by atoms with Crippen molar-refractivity contribution in [2.24, 2.45) is 5.92 Å². The third-order valence-electron chi connectivity index (χ3n) is 3.76. The molecule has 0 spiro atoms. The van der Waals surface area contributed by atoms with E-state index in [4.69, 9.17) is 4.74 Å². The molecule has 0 aliphatic carbocycles. The lowest BCUT2D eigenvalue weighted by molar-refractivity contribution is -0.116. The SMILES string of the molecule is Cl.O=C(CCC1CCNCC1)Nc1ccccc1OCC(F)F. The average Bonchev–Trinajstić information content (AvgIpc) is 2.53. The molecule has 0 bridgehead atoms. The summed E-state index contributed by atoms with van der Waals surface area (Å²) in [5, 5.41) is 6.04. The Labute approximate surface area is 141 Å². The predicted octanol–water partition coefficient (Wildman–Crippen LogP) is 3.47. The number of carbonyl (C=O) groups is 1. The zero-order valence-electron chi connectivity index (χ0n) is 12.9. The first-order valence-corrected chi connectivity index (χ1v) is 7.65. The van der Waals surface area contributed by atoms with E-state index in [2.05, 4.69) is 10.6 Å². The van der Waals surface area contributed by atoms with Crippen molar-refractivity contribution in [2.45, 2.75) is 32.1 Å². The summed E-state index contributed by atoms with van der Waals surface area (Å²) >= 11 is 0. The van der Waals surface area contributed by atoms with Gasteiger partial charge < -0.3 is 15.4 Å². The second kappa shape index (κ2) is 10.4. The van der Waals surface area contributed by atoms with Crippen LogP contribution < -0.4 is 15.4 Å². The van der Waals surface area contributed by atoms with Crippen LogP contribution in [0.4, 0.5) is 14.5 Å². The van der Waals surface area contributed by atoms with Crippen LogP contribution in [0.5, 0.6) is 5.75 Å². The lowest BCUT2D eigenvalue weighted by atomic mass is 9.93. The molecule has 1 heterocycles. The number of amides is 1. The van der Waals surface area contributed by atoms with Gasteiger partial charge in [0.1, 0.15) is 12.4 Å². The van der Waals surface area contributed by atoms with Crippen molar-refractivity contribution in [3.63, 3.8) is 0 Å². The number of carbonyl (C=O) groups excluding carboxylic acids is 1. The van der Waals surface area contributed by atoms with Crippen molar-refractivity contribution in [1.82, 2.24) is 5.32 Å². The largest absolute Gasteiger partial charge is 0.485 e. The molecule has 0 atom stereocenters. The van der Waals surface area contributed by atoms with E-state index in [0.29, 0.717) is 18.0 Å². The average molecular weight is 349 g/mol. The molecule has 0 radical (unpaired) electrons. The van der Waals surface area contributed by atoms with Gasteiger partial charge in [-0.05, 0) is 50.4 Å². The van der Waals surface area contributed by atoms with Crippen molar-refractivity contribution in [3.8, 4) is 5.75 Å². The van der Waals surface area contributed by atoms with Crippen molar-refractivity contribution < 1.29 is 18.3 Å². The second-order valence-electron chi connectivity index (χ2n) is 5.48. The fraction of sp³-hybridized carbons (Fsp3) is 0.562. The van der Waals surface area contributed by atoms with Crippen LogP contribution in [0.3, 0.4) is 0 Å². The van der Waals surface area contributed by atoms with Gasteiger partial charge in [-0.25, -0.2) is 8.78 Å². The summed E-state index contributed by atoms with van der Waals surface area (Å²) in [7, 11) is 0. The number of benzene rings is 1. The highest BCUT2D eigenvalue weighted by Crippen LogP contribution is 2.25. The smallest absolute Gasteiger partial charge is 0.272 e. The number of alkyl halides is 2. The van der Waals surface area contributed by atoms with Crippen LogP contribution in [0.25, 0.3) is 0 Å². The zero-order valence-corrected chi connectivity index (χ0v) is 13.7. The molecule has 1 aromatic rings. The highest BCUT2D eigenvalue weighted by molar-refractivity contribution is 5.92. The molecule has 1 aliphatic rings. The first-order chi connectivity index (χ1) is 10.6. The number of anilines is 1. The van der Waals surface area contributed by atoms with Gasteiger partial charge in [0.05, 0.1) is 5.69 Å². The van der Waals surface area contributed by atoms with Gasteiger partial charge in [0.2, 0.25) is 5.91 Å². The van der Waals surface area contributed by atoms with Crippen molar-refractivity contribution in [1.29, 1.82) is 0 Å². The molecule has 1 aromatic carbocycles. The van der Waals surface area contributed by atoms with Crippen molar-refractivity contribution in [3.05, 3.63) is 24.3 Å². The van der Waals surface area contributed by atoms with Gasteiger partial charge in [0, 0.05) is 6.42 Å². The molecule has 1 saturated heterocycles. The summed E-state index contributed by atoms with van der Waals surface area (Å²) in [5.41, 5.74) is 0.443. The van der Waals surface area contributed by atoms with E-state index in [1.165, 1.54) is 0 Å². The van der Waals surface area contributed by atoms with E-state index in [0.717, 1.165) is 32.4 Å². The number of rotatable bonds is 7. The molecule has 1 aliphatic heterocycles. The Balaban J connectivity index is 0.00000264. The Morgan fingerprint density at radius 2 is 2.00 bits per heavy atom. The minimum atomic E-state index is -2.54. The summed E-state index contributed by atoms with van der Waals surface area (Å²) in [6.45, 7) is 1.34. The van der Waals surface area contributed by atoms with Crippen LogP contribution in [-0.4, -0.2) is 32.0 Å². The van der Waals surface area contributed by atoms with Gasteiger partial charge in [-0.1, -0.05) is 12.1 Å². The number of halogens is 3. The van der Waals surface area contributed by atoms with Gasteiger partial charge in [0.25, 0.3) is 6.43 Å². The Bertz CT molecular complexity index is 483. The molecule has 2 rings (SSSR count). The van der Waals surface area contributed by atoms with Crippen LogP contribution in [0.1, 0.15) is 25.7 Å². The van der Waals surface area contributed by atoms with E-state index >= 15 is 0 Å². The summed E-state index contributed by atoms with van der Waals surface area (Å²) in [6, 6.07) is 6.65. The maximum Gasteiger partial charge on any atom is 0.272 e. The Morgan fingerprint density at radius 1 is 1.30 bits per heavy atom. The lowest BCUT2D eigenvalue weighted by Gasteiger charge is -2.22. The summed E-state index contributed by atoms with van der Waals surface area (Å²) < 4.78 is 29.5. The van der Waals surface area contributed by atoms with Gasteiger partial charge >= 0.3 is 0 Å². The first kappa shape index (κ1) is 19.6. The van der Waals surface area contributed by atoms with E-state index < -0.39 is 13.0 Å². The minimum Gasteiger partial charge on any atom is -0.485 e. The van der Waals surface area contributed by atoms with E-state index in [9.17, 15) is 13.6 Å². The minimum absolute atomic E-state index is 0.